The Bertz CT molecular complexity index is 200. The standard InChI is InChI=1S/C7H9ClO3/c8-5-4(3-9)11-6(10)7(5)1-2-7/h4-5,9H,1-3H2/t4-,5-/m1/s1. The molecule has 2 atom stereocenters. The number of aliphatic hydroxyl groups excluding tert-OH is 1. The number of ether oxygens (including phenoxy) is 1. The van der Waals surface area contributed by atoms with Gasteiger partial charge in [0.1, 0.15) is 6.10 Å². The van der Waals surface area contributed by atoms with Crippen molar-refractivity contribution in [2.75, 3.05) is 6.61 Å². The van der Waals surface area contributed by atoms with Gasteiger partial charge in [-0.1, -0.05) is 0 Å². The molecule has 0 bridgehead atoms. The van der Waals surface area contributed by atoms with E-state index in [0.29, 0.717) is 0 Å². The first-order valence-electron chi connectivity index (χ1n) is 3.67. The highest BCUT2D eigenvalue weighted by Crippen LogP contribution is 2.56. The summed E-state index contributed by atoms with van der Waals surface area (Å²) in [5.41, 5.74) is -0.422. The summed E-state index contributed by atoms with van der Waals surface area (Å²) in [6, 6.07) is 0. The van der Waals surface area contributed by atoms with Crippen molar-refractivity contribution >= 4 is 17.6 Å². The molecule has 0 radical (unpaired) electrons. The fourth-order valence-electron chi connectivity index (χ4n) is 1.53. The van der Waals surface area contributed by atoms with E-state index in [1.807, 2.05) is 0 Å². The number of halogens is 1. The first-order chi connectivity index (χ1) is 5.20. The zero-order valence-electron chi connectivity index (χ0n) is 5.92. The van der Waals surface area contributed by atoms with Gasteiger partial charge in [0, 0.05) is 0 Å². The summed E-state index contributed by atoms with van der Waals surface area (Å²) in [5, 5.41) is 8.43. The molecule has 1 N–H and O–H groups in total. The Hall–Kier alpha value is -0.280. The molecule has 11 heavy (non-hydrogen) atoms. The van der Waals surface area contributed by atoms with Crippen LogP contribution in [-0.2, 0) is 9.53 Å². The molecular formula is C7H9ClO3. The van der Waals surface area contributed by atoms with Crippen LogP contribution in [0, 0.1) is 5.41 Å². The predicted molar refractivity (Wildman–Crippen MR) is 38.3 cm³/mol. The lowest BCUT2D eigenvalue weighted by molar-refractivity contribution is -0.146. The predicted octanol–water partition coefficient (Wildman–Crippen LogP) is 0.292. The van der Waals surface area contributed by atoms with Gasteiger partial charge in [0.25, 0.3) is 0 Å². The van der Waals surface area contributed by atoms with Gasteiger partial charge >= 0.3 is 5.97 Å². The van der Waals surface area contributed by atoms with E-state index in [1.165, 1.54) is 0 Å². The Morgan fingerprint density at radius 2 is 2.36 bits per heavy atom. The van der Waals surface area contributed by atoms with Crippen LogP contribution in [0.5, 0.6) is 0 Å². The summed E-state index contributed by atoms with van der Waals surface area (Å²) < 4.78 is 4.88. The largest absolute Gasteiger partial charge is 0.458 e. The van der Waals surface area contributed by atoms with Crippen LogP contribution in [0.15, 0.2) is 0 Å². The van der Waals surface area contributed by atoms with Crippen LogP contribution in [0.4, 0.5) is 0 Å². The summed E-state index contributed by atoms with van der Waals surface area (Å²) in [6.07, 6.45) is 1.15. The van der Waals surface area contributed by atoms with Crippen LogP contribution in [-0.4, -0.2) is 29.2 Å². The second-order valence-corrected chi connectivity index (χ2v) is 3.65. The smallest absolute Gasteiger partial charge is 0.314 e. The maximum Gasteiger partial charge on any atom is 0.314 e. The van der Waals surface area contributed by atoms with Crippen LogP contribution in [0.1, 0.15) is 12.8 Å². The Morgan fingerprint density at radius 3 is 2.64 bits per heavy atom. The minimum absolute atomic E-state index is 0.165. The van der Waals surface area contributed by atoms with Crippen LogP contribution >= 0.6 is 11.6 Å². The summed E-state index contributed by atoms with van der Waals surface area (Å²) >= 11 is 5.92. The molecule has 1 aliphatic heterocycles. The molecule has 0 unspecified atom stereocenters. The van der Waals surface area contributed by atoms with Crippen LogP contribution < -0.4 is 0 Å². The number of aliphatic hydroxyl groups is 1. The van der Waals surface area contributed by atoms with Gasteiger partial charge in [-0.25, -0.2) is 0 Å². The van der Waals surface area contributed by atoms with E-state index in [-0.39, 0.29) is 18.0 Å². The van der Waals surface area contributed by atoms with E-state index in [2.05, 4.69) is 0 Å². The molecular weight excluding hydrogens is 168 g/mol. The van der Waals surface area contributed by atoms with E-state index in [4.69, 9.17) is 21.4 Å². The molecule has 0 amide bonds. The van der Waals surface area contributed by atoms with E-state index in [0.717, 1.165) is 12.8 Å². The monoisotopic (exact) mass is 176 g/mol. The number of carbonyl (C=O) groups excluding carboxylic acids is 1. The summed E-state index contributed by atoms with van der Waals surface area (Å²) in [7, 11) is 0. The van der Waals surface area contributed by atoms with Gasteiger partial charge in [-0.3, -0.25) is 4.79 Å². The number of alkyl halides is 1. The van der Waals surface area contributed by atoms with Gasteiger partial charge in [-0.15, -0.1) is 11.6 Å². The third-order valence-electron chi connectivity index (χ3n) is 2.49. The number of cyclic esters (lactones) is 1. The van der Waals surface area contributed by atoms with Crippen molar-refractivity contribution < 1.29 is 14.6 Å². The van der Waals surface area contributed by atoms with Crippen molar-refractivity contribution in [2.24, 2.45) is 5.41 Å². The molecule has 1 saturated carbocycles. The molecule has 0 aromatic carbocycles. The van der Waals surface area contributed by atoms with E-state index in [1.54, 1.807) is 0 Å². The highest BCUT2D eigenvalue weighted by Gasteiger charge is 2.64. The van der Waals surface area contributed by atoms with Gasteiger partial charge in [-0.05, 0) is 12.8 Å². The quantitative estimate of drug-likeness (QED) is 0.462. The van der Waals surface area contributed by atoms with Crippen LogP contribution in [0.3, 0.4) is 0 Å². The molecule has 2 rings (SSSR count). The van der Waals surface area contributed by atoms with Gasteiger partial charge in [0.15, 0.2) is 0 Å². The number of esters is 1. The summed E-state index contributed by atoms with van der Waals surface area (Å²) in [4.78, 5) is 11.1. The minimum Gasteiger partial charge on any atom is -0.458 e. The molecule has 2 aliphatic rings. The van der Waals surface area contributed by atoms with Crippen molar-refractivity contribution in [1.82, 2.24) is 0 Å². The zero-order chi connectivity index (χ0) is 8.06. The van der Waals surface area contributed by atoms with Crippen LogP contribution in [0.25, 0.3) is 0 Å². The molecule has 2 fully saturated rings. The number of carbonyl (C=O) groups is 1. The van der Waals surface area contributed by atoms with Crippen LogP contribution in [0.2, 0.25) is 0 Å². The van der Waals surface area contributed by atoms with E-state index in [9.17, 15) is 4.79 Å². The molecule has 1 saturated heterocycles. The Labute approximate surface area is 69.3 Å². The van der Waals surface area contributed by atoms with Gasteiger partial charge < -0.3 is 9.84 Å². The first kappa shape index (κ1) is 7.37. The van der Waals surface area contributed by atoms with Gasteiger partial charge in [0.05, 0.1) is 17.4 Å². The lowest BCUT2D eigenvalue weighted by Gasteiger charge is -2.09. The number of hydrogen-bond donors (Lipinski definition) is 1. The minimum atomic E-state index is -0.480. The molecule has 4 heteroatoms. The fraction of sp³-hybridized carbons (Fsp3) is 0.857. The second kappa shape index (κ2) is 2.11. The lowest BCUT2D eigenvalue weighted by atomic mass is 10.0. The molecule has 1 heterocycles. The lowest BCUT2D eigenvalue weighted by Crippen LogP contribution is -2.25. The zero-order valence-corrected chi connectivity index (χ0v) is 6.67. The summed E-state index contributed by atoms with van der Waals surface area (Å²) in [6.45, 7) is -0.165. The average molecular weight is 177 g/mol. The fourth-order valence-corrected chi connectivity index (χ4v) is 1.97. The maximum absolute atomic E-state index is 11.1. The first-order valence-corrected chi connectivity index (χ1v) is 4.10. The third-order valence-corrected chi connectivity index (χ3v) is 3.19. The van der Waals surface area contributed by atoms with Crippen molar-refractivity contribution in [3.05, 3.63) is 0 Å². The normalized spacial score (nSPS) is 39.3. The van der Waals surface area contributed by atoms with Crippen molar-refractivity contribution in [3.8, 4) is 0 Å². The average Bonchev–Trinajstić information content (AvgIpc) is 2.74. The van der Waals surface area contributed by atoms with Crippen molar-refractivity contribution in [2.45, 2.75) is 24.3 Å². The second-order valence-electron chi connectivity index (χ2n) is 3.18. The molecule has 0 aromatic rings. The number of rotatable bonds is 1. The Morgan fingerprint density at radius 1 is 1.73 bits per heavy atom. The molecule has 0 aromatic heterocycles. The molecule has 1 aliphatic carbocycles. The third kappa shape index (κ3) is 0.811. The van der Waals surface area contributed by atoms with Crippen molar-refractivity contribution in [1.29, 1.82) is 0 Å². The highest BCUT2D eigenvalue weighted by atomic mass is 35.5. The molecule has 62 valence electrons. The molecule has 1 spiro atoms. The van der Waals surface area contributed by atoms with Gasteiger partial charge in [-0.2, -0.15) is 0 Å². The summed E-state index contributed by atoms with van der Waals surface area (Å²) in [5.74, 6) is -0.225. The highest BCUT2D eigenvalue weighted by molar-refractivity contribution is 6.24. The topological polar surface area (TPSA) is 46.5 Å². The SMILES string of the molecule is O=C1O[C@H](CO)[C@@H](Cl)C12CC2. The van der Waals surface area contributed by atoms with Gasteiger partial charge in [0.2, 0.25) is 0 Å². The van der Waals surface area contributed by atoms with E-state index >= 15 is 0 Å². The molecule has 3 nitrogen and oxygen atoms in total. The maximum atomic E-state index is 11.1. The Balaban J connectivity index is 2.19. The van der Waals surface area contributed by atoms with Crippen molar-refractivity contribution in [3.63, 3.8) is 0 Å². The van der Waals surface area contributed by atoms with E-state index < -0.39 is 11.5 Å². The number of hydrogen-bond acceptors (Lipinski definition) is 3. The Kier molecular flexibility index (Phi) is 1.41.